The molecule has 0 aliphatic heterocycles. The molecular formula is C13H20N4S. The number of aromatic nitrogens is 3. The Bertz CT molecular complexity index is 415. The molecule has 1 aromatic heterocycles. The van der Waals surface area contributed by atoms with Gasteiger partial charge in [0.1, 0.15) is 6.33 Å². The van der Waals surface area contributed by atoms with Crippen LogP contribution in [0.2, 0.25) is 0 Å². The number of nitrogens with one attached hydrogen (secondary N) is 1. The van der Waals surface area contributed by atoms with Crippen LogP contribution in [0.3, 0.4) is 0 Å². The van der Waals surface area contributed by atoms with Crippen LogP contribution < -0.4 is 0 Å². The molecule has 5 heteroatoms. The van der Waals surface area contributed by atoms with Crippen LogP contribution in [0.5, 0.6) is 0 Å². The zero-order valence-electron chi connectivity index (χ0n) is 11.2. The summed E-state index contributed by atoms with van der Waals surface area (Å²) in [6, 6.07) is 2.46. The van der Waals surface area contributed by atoms with Crippen molar-refractivity contribution in [3.05, 3.63) is 6.33 Å². The zero-order chi connectivity index (χ0) is 13.2. The lowest BCUT2D eigenvalue weighted by Gasteiger charge is -2.39. The molecule has 18 heavy (non-hydrogen) atoms. The monoisotopic (exact) mass is 264 g/mol. The molecule has 1 saturated carbocycles. The molecule has 1 heterocycles. The number of hydrogen-bond acceptors (Lipinski definition) is 4. The second kappa shape index (κ2) is 5.31. The van der Waals surface area contributed by atoms with Gasteiger partial charge in [0, 0.05) is 5.25 Å². The summed E-state index contributed by atoms with van der Waals surface area (Å²) < 4.78 is 0. The largest absolute Gasteiger partial charge is 0.254 e. The van der Waals surface area contributed by atoms with Crippen molar-refractivity contribution in [2.45, 2.75) is 50.4 Å². The van der Waals surface area contributed by atoms with Crippen LogP contribution in [-0.2, 0) is 0 Å². The predicted octanol–water partition coefficient (Wildman–Crippen LogP) is 3.25. The van der Waals surface area contributed by atoms with Crippen molar-refractivity contribution in [1.82, 2.24) is 15.2 Å². The second-order valence-electron chi connectivity index (χ2n) is 6.06. The van der Waals surface area contributed by atoms with Crippen molar-refractivity contribution in [2.24, 2.45) is 17.3 Å². The normalized spacial score (nSPS) is 28.9. The maximum absolute atomic E-state index is 9.27. The van der Waals surface area contributed by atoms with E-state index in [-0.39, 0.29) is 5.92 Å². The Morgan fingerprint density at radius 2 is 2.22 bits per heavy atom. The van der Waals surface area contributed by atoms with E-state index in [0.717, 1.165) is 24.4 Å². The highest BCUT2D eigenvalue weighted by Crippen LogP contribution is 2.44. The van der Waals surface area contributed by atoms with Gasteiger partial charge in [-0.05, 0) is 30.6 Å². The lowest BCUT2D eigenvalue weighted by atomic mass is 9.70. The van der Waals surface area contributed by atoms with E-state index < -0.39 is 0 Å². The van der Waals surface area contributed by atoms with Crippen molar-refractivity contribution in [3.63, 3.8) is 0 Å². The highest BCUT2D eigenvalue weighted by atomic mass is 32.2. The predicted molar refractivity (Wildman–Crippen MR) is 71.9 cm³/mol. The van der Waals surface area contributed by atoms with Crippen molar-refractivity contribution in [3.8, 4) is 6.07 Å². The molecule has 0 radical (unpaired) electrons. The van der Waals surface area contributed by atoms with Crippen molar-refractivity contribution in [2.75, 3.05) is 0 Å². The van der Waals surface area contributed by atoms with Gasteiger partial charge in [-0.1, -0.05) is 32.5 Å². The molecule has 0 bridgehead atoms. The molecule has 1 fully saturated rings. The maximum Gasteiger partial charge on any atom is 0.183 e. The number of hydrogen-bond donors (Lipinski definition) is 1. The van der Waals surface area contributed by atoms with Crippen LogP contribution in [0.1, 0.15) is 40.0 Å². The molecule has 3 atom stereocenters. The smallest absolute Gasteiger partial charge is 0.183 e. The minimum absolute atomic E-state index is 0.138. The van der Waals surface area contributed by atoms with Crippen LogP contribution in [0.15, 0.2) is 11.5 Å². The molecule has 98 valence electrons. The van der Waals surface area contributed by atoms with Crippen LogP contribution >= 0.6 is 11.8 Å². The second-order valence-corrected chi connectivity index (χ2v) is 7.29. The summed E-state index contributed by atoms with van der Waals surface area (Å²) in [7, 11) is 0. The Balaban J connectivity index is 2.07. The third kappa shape index (κ3) is 3.05. The Morgan fingerprint density at radius 3 is 2.78 bits per heavy atom. The summed E-state index contributed by atoms with van der Waals surface area (Å²) in [5.74, 6) is 0.821. The van der Waals surface area contributed by atoms with E-state index in [1.807, 2.05) is 0 Å². The molecule has 2 rings (SSSR count). The van der Waals surface area contributed by atoms with E-state index in [9.17, 15) is 5.26 Å². The van der Waals surface area contributed by atoms with E-state index in [2.05, 4.69) is 42.0 Å². The Hall–Kier alpha value is -1.02. The molecule has 4 nitrogen and oxygen atoms in total. The van der Waals surface area contributed by atoms with Gasteiger partial charge in [0.15, 0.2) is 5.16 Å². The molecular weight excluding hydrogens is 244 g/mol. The van der Waals surface area contributed by atoms with Crippen LogP contribution in [0.25, 0.3) is 0 Å². The Kier molecular flexibility index (Phi) is 3.96. The highest BCUT2D eigenvalue weighted by Gasteiger charge is 2.36. The third-order valence-corrected chi connectivity index (χ3v) is 5.08. The van der Waals surface area contributed by atoms with Gasteiger partial charge in [0.25, 0.3) is 0 Å². The first-order valence-corrected chi connectivity index (χ1v) is 7.30. The fraction of sp³-hybridized carbons (Fsp3) is 0.769. The maximum atomic E-state index is 9.27. The summed E-state index contributed by atoms with van der Waals surface area (Å²) in [5, 5.41) is 17.2. The highest BCUT2D eigenvalue weighted by molar-refractivity contribution is 7.99. The summed E-state index contributed by atoms with van der Waals surface area (Å²) in [6.07, 6.45) is 4.78. The van der Waals surface area contributed by atoms with Crippen molar-refractivity contribution in [1.29, 1.82) is 5.26 Å². The first-order chi connectivity index (χ1) is 8.50. The first-order valence-electron chi connectivity index (χ1n) is 6.42. The van der Waals surface area contributed by atoms with E-state index in [4.69, 9.17) is 0 Å². The molecule has 0 spiro atoms. The van der Waals surface area contributed by atoms with Gasteiger partial charge in [-0.3, -0.25) is 5.10 Å². The summed E-state index contributed by atoms with van der Waals surface area (Å²) in [5.41, 5.74) is 0.320. The van der Waals surface area contributed by atoms with Crippen LogP contribution in [-0.4, -0.2) is 20.4 Å². The van der Waals surface area contributed by atoms with Gasteiger partial charge < -0.3 is 0 Å². The van der Waals surface area contributed by atoms with Gasteiger partial charge in [0.2, 0.25) is 0 Å². The van der Waals surface area contributed by atoms with Crippen molar-refractivity contribution >= 4 is 11.8 Å². The summed E-state index contributed by atoms with van der Waals surface area (Å²) in [6.45, 7) is 6.88. The summed E-state index contributed by atoms with van der Waals surface area (Å²) >= 11 is 1.67. The quantitative estimate of drug-likeness (QED) is 0.890. The average Bonchev–Trinajstić information content (AvgIpc) is 2.80. The molecule has 1 aromatic rings. The summed E-state index contributed by atoms with van der Waals surface area (Å²) in [4.78, 5) is 4.15. The average molecular weight is 264 g/mol. The number of nitrogens with zero attached hydrogens (tertiary/aromatic N) is 3. The molecule has 1 aliphatic carbocycles. The first kappa shape index (κ1) is 13.4. The number of thioether (sulfide) groups is 1. The SMILES string of the molecule is CC(C)(C)C1CCC(C#N)C(Sc2ncn[nH]2)C1. The lowest BCUT2D eigenvalue weighted by Crippen LogP contribution is -2.33. The zero-order valence-corrected chi connectivity index (χ0v) is 12.0. The molecule has 0 saturated heterocycles. The molecule has 0 aromatic carbocycles. The Morgan fingerprint density at radius 1 is 1.44 bits per heavy atom. The van der Waals surface area contributed by atoms with Gasteiger partial charge >= 0.3 is 0 Å². The number of aromatic amines is 1. The molecule has 3 unspecified atom stereocenters. The fourth-order valence-electron chi connectivity index (χ4n) is 2.59. The minimum Gasteiger partial charge on any atom is -0.254 e. The topological polar surface area (TPSA) is 65.4 Å². The number of nitriles is 1. The van der Waals surface area contributed by atoms with E-state index in [0.29, 0.717) is 16.6 Å². The van der Waals surface area contributed by atoms with Gasteiger partial charge in [-0.2, -0.15) is 10.4 Å². The lowest BCUT2D eigenvalue weighted by molar-refractivity contribution is 0.169. The van der Waals surface area contributed by atoms with E-state index >= 15 is 0 Å². The minimum atomic E-state index is 0.138. The van der Waals surface area contributed by atoms with E-state index in [1.54, 1.807) is 11.8 Å². The van der Waals surface area contributed by atoms with Crippen molar-refractivity contribution < 1.29 is 0 Å². The molecule has 0 amide bonds. The van der Waals surface area contributed by atoms with Crippen LogP contribution in [0.4, 0.5) is 0 Å². The molecule has 1 N–H and O–H groups in total. The standard InChI is InChI=1S/C13H20N4S/c1-13(2,3)10-5-4-9(7-14)11(6-10)18-12-15-8-16-17-12/h8-11H,4-6H2,1-3H3,(H,15,16,17). The number of rotatable bonds is 2. The van der Waals surface area contributed by atoms with Gasteiger partial charge in [-0.25, -0.2) is 4.98 Å². The van der Waals surface area contributed by atoms with Gasteiger partial charge in [0.05, 0.1) is 12.0 Å². The van der Waals surface area contributed by atoms with E-state index in [1.165, 1.54) is 6.33 Å². The number of H-pyrrole nitrogens is 1. The molecule has 1 aliphatic rings. The Labute approximate surface area is 113 Å². The third-order valence-electron chi connectivity index (χ3n) is 3.84. The van der Waals surface area contributed by atoms with Crippen LogP contribution in [0, 0.1) is 28.6 Å². The fourth-order valence-corrected chi connectivity index (χ4v) is 3.78. The van der Waals surface area contributed by atoms with Gasteiger partial charge in [-0.15, -0.1) is 0 Å².